The van der Waals surface area contributed by atoms with Crippen LogP contribution in [0.25, 0.3) is 105 Å². The van der Waals surface area contributed by atoms with E-state index in [0.29, 0.717) is 5.82 Å². The van der Waals surface area contributed by atoms with Crippen LogP contribution in [-0.2, 0) is 0 Å². The van der Waals surface area contributed by atoms with E-state index in [0.717, 1.165) is 83.4 Å². The minimum atomic E-state index is 0.682. The first kappa shape index (κ1) is 30.7. The van der Waals surface area contributed by atoms with Crippen molar-refractivity contribution in [1.29, 1.82) is 0 Å². The average Bonchev–Trinajstić information content (AvgIpc) is 4.03. The standard InChI is InChI=1S/C50H31N5O/c1-3-15-32(16-4-1)49-51-50(33-17-5-2-6-18-33)55(52-49)34-27-28-36-35-19-7-10-22-39(35)54(44(36)31-34)42-25-13-12-24-41(42)53-40-23-11-8-20-37(40)47-43(53)29-30-46-48(47)38-21-9-14-26-45(38)56-46/h1-31H. The van der Waals surface area contributed by atoms with E-state index in [1.54, 1.807) is 0 Å². The third kappa shape index (κ3) is 4.44. The van der Waals surface area contributed by atoms with Gasteiger partial charge in [0.05, 0.1) is 39.1 Å². The van der Waals surface area contributed by atoms with Gasteiger partial charge < -0.3 is 13.6 Å². The van der Waals surface area contributed by atoms with Crippen molar-refractivity contribution in [2.45, 2.75) is 0 Å². The lowest BCUT2D eigenvalue weighted by molar-refractivity contribution is 0.669. The molecule has 0 saturated carbocycles. The molecular weight excluding hydrogens is 687 g/mol. The maximum Gasteiger partial charge on any atom is 0.182 e. The van der Waals surface area contributed by atoms with Gasteiger partial charge in [0.2, 0.25) is 0 Å². The highest BCUT2D eigenvalue weighted by atomic mass is 16.3. The van der Waals surface area contributed by atoms with Gasteiger partial charge in [-0.1, -0.05) is 133 Å². The number of para-hydroxylation sites is 5. The van der Waals surface area contributed by atoms with Crippen LogP contribution in [0, 0.1) is 0 Å². The van der Waals surface area contributed by atoms with E-state index < -0.39 is 0 Å². The van der Waals surface area contributed by atoms with Gasteiger partial charge in [-0.25, -0.2) is 9.67 Å². The molecule has 0 saturated heterocycles. The topological polar surface area (TPSA) is 53.7 Å². The lowest BCUT2D eigenvalue weighted by atomic mass is 10.1. The van der Waals surface area contributed by atoms with Gasteiger partial charge in [-0.2, -0.15) is 0 Å². The molecule has 262 valence electrons. The Morgan fingerprint density at radius 2 is 0.982 bits per heavy atom. The fraction of sp³-hybridized carbons (Fsp3) is 0. The molecule has 4 aromatic heterocycles. The molecule has 0 atom stereocenters. The third-order valence-corrected chi connectivity index (χ3v) is 11.1. The number of nitrogens with zero attached hydrogens (tertiary/aromatic N) is 5. The Morgan fingerprint density at radius 3 is 1.75 bits per heavy atom. The molecule has 12 aromatic rings. The highest BCUT2D eigenvalue weighted by molar-refractivity contribution is 6.27. The summed E-state index contributed by atoms with van der Waals surface area (Å²) in [6.07, 6.45) is 0. The molecule has 12 rings (SSSR count). The molecule has 0 radical (unpaired) electrons. The van der Waals surface area contributed by atoms with Crippen molar-refractivity contribution in [3.63, 3.8) is 0 Å². The summed E-state index contributed by atoms with van der Waals surface area (Å²) in [5.41, 5.74) is 11.3. The number of rotatable bonds is 5. The van der Waals surface area contributed by atoms with E-state index in [4.69, 9.17) is 14.5 Å². The minimum Gasteiger partial charge on any atom is -0.456 e. The molecule has 0 bridgehead atoms. The minimum absolute atomic E-state index is 0.682. The first-order valence-corrected chi connectivity index (χ1v) is 18.8. The smallest absolute Gasteiger partial charge is 0.182 e. The largest absolute Gasteiger partial charge is 0.456 e. The van der Waals surface area contributed by atoms with Crippen molar-refractivity contribution in [1.82, 2.24) is 23.9 Å². The molecule has 0 spiro atoms. The van der Waals surface area contributed by atoms with Crippen molar-refractivity contribution in [3.8, 4) is 39.8 Å². The lowest BCUT2D eigenvalue weighted by Gasteiger charge is -2.17. The summed E-state index contributed by atoms with van der Waals surface area (Å²) in [6, 6.07) is 65.9. The number of furan rings is 1. The van der Waals surface area contributed by atoms with Gasteiger partial charge in [-0.3, -0.25) is 0 Å². The molecule has 0 aliphatic rings. The summed E-state index contributed by atoms with van der Waals surface area (Å²) in [4.78, 5) is 5.11. The first-order chi connectivity index (χ1) is 27.8. The first-order valence-electron chi connectivity index (χ1n) is 18.8. The Bertz CT molecular complexity index is 3480. The van der Waals surface area contributed by atoms with Crippen molar-refractivity contribution < 1.29 is 4.42 Å². The van der Waals surface area contributed by atoms with Crippen LogP contribution in [0.2, 0.25) is 0 Å². The predicted molar refractivity (Wildman–Crippen MR) is 228 cm³/mol. The number of fused-ring (bicyclic) bond motifs is 10. The van der Waals surface area contributed by atoms with Gasteiger partial charge in [-0.05, 0) is 54.6 Å². The Morgan fingerprint density at radius 1 is 0.393 bits per heavy atom. The van der Waals surface area contributed by atoms with E-state index >= 15 is 0 Å². The van der Waals surface area contributed by atoms with Crippen LogP contribution in [0.3, 0.4) is 0 Å². The van der Waals surface area contributed by atoms with E-state index in [-0.39, 0.29) is 0 Å². The molecule has 6 nitrogen and oxygen atoms in total. The SMILES string of the molecule is c1ccc(-c2nc(-c3ccccc3)n(-c3ccc4c5ccccc5n(-c5ccccc5-n5c6ccccc6c6c7c(ccc65)oc5ccccc57)c4c3)n2)cc1. The van der Waals surface area contributed by atoms with Crippen LogP contribution in [0.5, 0.6) is 0 Å². The molecule has 0 aliphatic carbocycles. The third-order valence-electron chi connectivity index (χ3n) is 11.1. The van der Waals surface area contributed by atoms with Crippen LogP contribution in [0.15, 0.2) is 192 Å². The Kier molecular flexibility index (Phi) is 6.53. The molecule has 6 heteroatoms. The van der Waals surface area contributed by atoms with Crippen LogP contribution in [-0.4, -0.2) is 23.9 Å². The molecule has 0 unspecified atom stereocenters. The zero-order valence-electron chi connectivity index (χ0n) is 30.0. The number of hydrogen-bond donors (Lipinski definition) is 0. The van der Waals surface area contributed by atoms with Gasteiger partial charge in [0, 0.05) is 43.4 Å². The normalized spacial score (nSPS) is 11.9. The molecule has 0 fully saturated rings. The summed E-state index contributed by atoms with van der Waals surface area (Å²) < 4.78 is 13.2. The lowest BCUT2D eigenvalue weighted by Crippen LogP contribution is -2.04. The van der Waals surface area contributed by atoms with Gasteiger partial charge >= 0.3 is 0 Å². The Balaban J connectivity index is 1.14. The number of benzene rings is 8. The fourth-order valence-corrected chi connectivity index (χ4v) is 8.70. The van der Waals surface area contributed by atoms with Crippen LogP contribution in [0.4, 0.5) is 0 Å². The van der Waals surface area contributed by atoms with Crippen molar-refractivity contribution >= 4 is 65.6 Å². The number of hydrogen-bond acceptors (Lipinski definition) is 3. The monoisotopic (exact) mass is 717 g/mol. The summed E-state index contributed by atoms with van der Waals surface area (Å²) in [5, 5.41) is 12.1. The average molecular weight is 718 g/mol. The second kappa shape index (κ2) is 11.9. The van der Waals surface area contributed by atoms with E-state index in [1.807, 2.05) is 47.1 Å². The fourth-order valence-electron chi connectivity index (χ4n) is 8.70. The van der Waals surface area contributed by atoms with Crippen molar-refractivity contribution in [2.75, 3.05) is 0 Å². The quantitative estimate of drug-likeness (QED) is 0.178. The van der Waals surface area contributed by atoms with Crippen molar-refractivity contribution in [3.05, 3.63) is 188 Å². The van der Waals surface area contributed by atoms with Crippen LogP contribution < -0.4 is 0 Å². The highest BCUT2D eigenvalue weighted by Crippen LogP contribution is 2.43. The van der Waals surface area contributed by atoms with Gasteiger partial charge in [-0.15, -0.1) is 5.10 Å². The molecule has 56 heavy (non-hydrogen) atoms. The molecule has 0 amide bonds. The summed E-state index contributed by atoms with van der Waals surface area (Å²) >= 11 is 0. The Hall–Kier alpha value is -7.70. The Labute approximate surface area is 320 Å². The van der Waals surface area contributed by atoms with Gasteiger partial charge in [0.25, 0.3) is 0 Å². The summed E-state index contributed by atoms with van der Waals surface area (Å²) in [6.45, 7) is 0. The van der Waals surface area contributed by atoms with Crippen molar-refractivity contribution in [2.24, 2.45) is 0 Å². The zero-order chi connectivity index (χ0) is 36.7. The molecule has 8 aromatic carbocycles. The van der Waals surface area contributed by atoms with Gasteiger partial charge in [0.15, 0.2) is 11.6 Å². The highest BCUT2D eigenvalue weighted by Gasteiger charge is 2.23. The van der Waals surface area contributed by atoms with E-state index in [9.17, 15) is 0 Å². The molecule has 0 N–H and O–H groups in total. The molecule has 0 aliphatic heterocycles. The maximum atomic E-state index is 6.39. The summed E-state index contributed by atoms with van der Waals surface area (Å²) in [7, 11) is 0. The second-order valence-electron chi connectivity index (χ2n) is 14.2. The second-order valence-corrected chi connectivity index (χ2v) is 14.2. The zero-order valence-corrected chi connectivity index (χ0v) is 30.0. The predicted octanol–water partition coefficient (Wildman–Crippen LogP) is 12.7. The maximum absolute atomic E-state index is 6.39. The van der Waals surface area contributed by atoms with Gasteiger partial charge in [0.1, 0.15) is 11.2 Å². The van der Waals surface area contributed by atoms with E-state index in [2.05, 4.69) is 155 Å². The molecule has 4 heterocycles. The van der Waals surface area contributed by atoms with Crippen LogP contribution >= 0.6 is 0 Å². The number of aromatic nitrogens is 5. The molecular formula is C50H31N5O. The van der Waals surface area contributed by atoms with E-state index in [1.165, 1.54) is 16.2 Å². The summed E-state index contributed by atoms with van der Waals surface area (Å²) in [5.74, 6) is 1.47. The van der Waals surface area contributed by atoms with Crippen LogP contribution in [0.1, 0.15) is 0 Å².